The Morgan fingerprint density at radius 2 is 1.82 bits per heavy atom. The van der Waals surface area contributed by atoms with Gasteiger partial charge in [0, 0.05) is 28.4 Å². The van der Waals surface area contributed by atoms with E-state index in [2.05, 4.69) is 0 Å². The third-order valence-electron chi connectivity index (χ3n) is 5.08. The fourth-order valence-corrected chi connectivity index (χ4v) is 4.02. The molecule has 0 atom stereocenters. The molecule has 28 heavy (non-hydrogen) atoms. The number of fused-ring (bicyclic) bond motifs is 1. The zero-order chi connectivity index (χ0) is 19.8. The highest BCUT2D eigenvalue weighted by Crippen LogP contribution is 2.35. The molecule has 2 aromatic carbocycles. The average Bonchev–Trinajstić information content (AvgIpc) is 2.67. The van der Waals surface area contributed by atoms with Crippen molar-refractivity contribution in [1.82, 2.24) is 4.57 Å². The van der Waals surface area contributed by atoms with Gasteiger partial charge >= 0.3 is 0 Å². The van der Waals surface area contributed by atoms with Crippen LogP contribution in [0.3, 0.4) is 0 Å². The number of pyridine rings is 1. The number of benzene rings is 2. The summed E-state index contributed by atoms with van der Waals surface area (Å²) < 4.78 is 35.8. The van der Waals surface area contributed by atoms with Crippen molar-refractivity contribution in [2.75, 3.05) is 7.11 Å². The second-order valence-corrected chi connectivity index (χ2v) is 7.28. The van der Waals surface area contributed by atoms with Gasteiger partial charge in [-0.15, -0.1) is 0 Å². The highest BCUT2D eigenvalue weighted by atomic mass is 35.5. The molecule has 0 N–H and O–H groups in total. The first-order valence-corrected chi connectivity index (χ1v) is 9.44. The zero-order valence-corrected chi connectivity index (χ0v) is 16.0. The van der Waals surface area contributed by atoms with Crippen molar-refractivity contribution in [1.29, 1.82) is 0 Å². The van der Waals surface area contributed by atoms with Crippen LogP contribution < -0.4 is 10.3 Å². The van der Waals surface area contributed by atoms with Crippen LogP contribution in [0.25, 0.3) is 16.8 Å². The largest absolute Gasteiger partial charge is 0.495 e. The third kappa shape index (κ3) is 3.31. The summed E-state index contributed by atoms with van der Waals surface area (Å²) in [5, 5.41) is 0.172. The van der Waals surface area contributed by atoms with Gasteiger partial charge < -0.3 is 4.74 Å². The Balaban J connectivity index is 1.94. The van der Waals surface area contributed by atoms with Crippen LogP contribution in [0.15, 0.2) is 47.3 Å². The maximum absolute atomic E-state index is 15.0. The Kier molecular flexibility index (Phi) is 4.94. The van der Waals surface area contributed by atoms with E-state index in [4.69, 9.17) is 16.3 Å². The van der Waals surface area contributed by atoms with Crippen LogP contribution >= 0.6 is 11.6 Å². The van der Waals surface area contributed by atoms with Crippen LogP contribution in [0.5, 0.6) is 5.75 Å². The van der Waals surface area contributed by atoms with E-state index in [1.54, 1.807) is 0 Å². The SMILES string of the molecule is COc1cc(-c2cc(F)cc(Cl)c2)c(F)cc1-n1c2c(ccc1=O)CCCC2. The first-order chi connectivity index (χ1) is 13.5. The molecule has 0 aliphatic heterocycles. The van der Waals surface area contributed by atoms with Gasteiger partial charge in [-0.1, -0.05) is 17.7 Å². The standard InChI is InChI=1S/C22H18ClF2NO2/c1-28-21-11-17(14-8-15(23)10-16(24)9-14)18(25)12-20(21)26-19-5-3-2-4-13(19)6-7-22(26)27/h6-12H,2-5H2,1H3. The molecule has 4 rings (SSSR count). The van der Waals surface area contributed by atoms with Crippen LogP contribution in [0.4, 0.5) is 8.78 Å². The summed E-state index contributed by atoms with van der Waals surface area (Å²) in [6.07, 6.45) is 3.68. The molecule has 0 unspecified atom stereocenters. The fraction of sp³-hybridized carbons (Fsp3) is 0.227. The molecule has 0 saturated heterocycles. The lowest BCUT2D eigenvalue weighted by molar-refractivity contribution is 0.411. The highest BCUT2D eigenvalue weighted by molar-refractivity contribution is 6.30. The summed E-state index contributed by atoms with van der Waals surface area (Å²) in [6.45, 7) is 0. The van der Waals surface area contributed by atoms with Gasteiger partial charge in [-0.25, -0.2) is 8.78 Å². The van der Waals surface area contributed by atoms with Gasteiger partial charge in [0.05, 0.1) is 12.8 Å². The van der Waals surface area contributed by atoms with Gasteiger partial charge in [0.2, 0.25) is 0 Å². The number of nitrogens with zero attached hydrogens (tertiary/aromatic N) is 1. The van der Waals surface area contributed by atoms with Crippen LogP contribution in [0.1, 0.15) is 24.1 Å². The highest BCUT2D eigenvalue weighted by Gasteiger charge is 2.20. The maximum Gasteiger partial charge on any atom is 0.255 e. The first-order valence-electron chi connectivity index (χ1n) is 9.06. The van der Waals surface area contributed by atoms with E-state index >= 15 is 4.39 Å². The van der Waals surface area contributed by atoms with Gasteiger partial charge in [-0.05, 0) is 61.1 Å². The fourth-order valence-electron chi connectivity index (χ4n) is 3.80. The lowest BCUT2D eigenvalue weighted by Gasteiger charge is -2.22. The minimum atomic E-state index is -0.585. The minimum absolute atomic E-state index is 0.153. The molecule has 1 heterocycles. The molecule has 144 valence electrons. The van der Waals surface area contributed by atoms with E-state index in [9.17, 15) is 9.18 Å². The summed E-state index contributed by atoms with van der Waals surface area (Å²) in [6, 6.07) is 9.94. The van der Waals surface area contributed by atoms with Gasteiger partial charge in [0.15, 0.2) is 0 Å². The van der Waals surface area contributed by atoms with Gasteiger partial charge in [0.25, 0.3) is 5.56 Å². The molecule has 0 bridgehead atoms. The number of aryl methyl sites for hydroxylation is 1. The van der Waals surface area contributed by atoms with Gasteiger partial charge in [-0.2, -0.15) is 0 Å². The second-order valence-electron chi connectivity index (χ2n) is 6.85. The lowest BCUT2D eigenvalue weighted by atomic mass is 9.95. The van der Waals surface area contributed by atoms with Gasteiger partial charge in [-0.3, -0.25) is 9.36 Å². The average molecular weight is 402 g/mol. The molecular formula is C22H18ClF2NO2. The number of rotatable bonds is 3. The Morgan fingerprint density at radius 3 is 2.57 bits per heavy atom. The smallest absolute Gasteiger partial charge is 0.255 e. The molecule has 1 aliphatic rings. The molecular weight excluding hydrogens is 384 g/mol. The molecule has 0 saturated carbocycles. The van der Waals surface area contributed by atoms with Crippen LogP contribution in [-0.2, 0) is 12.8 Å². The number of hydrogen-bond acceptors (Lipinski definition) is 2. The lowest BCUT2D eigenvalue weighted by Crippen LogP contribution is -2.25. The second kappa shape index (κ2) is 7.40. The number of methoxy groups -OCH3 is 1. The monoisotopic (exact) mass is 401 g/mol. The Morgan fingerprint density at radius 1 is 1.04 bits per heavy atom. The third-order valence-corrected chi connectivity index (χ3v) is 5.30. The summed E-state index contributed by atoms with van der Waals surface area (Å²) >= 11 is 5.91. The zero-order valence-electron chi connectivity index (χ0n) is 15.3. The summed E-state index contributed by atoms with van der Waals surface area (Å²) in [7, 11) is 1.46. The van der Waals surface area contributed by atoms with Crippen LogP contribution in [0, 0.1) is 11.6 Å². The Bertz CT molecular complexity index is 1100. The molecule has 3 nitrogen and oxygen atoms in total. The summed E-state index contributed by atoms with van der Waals surface area (Å²) in [4.78, 5) is 12.6. The van der Waals surface area contributed by atoms with E-state index in [1.807, 2.05) is 6.07 Å². The van der Waals surface area contributed by atoms with Gasteiger partial charge in [0.1, 0.15) is 17.4 Å². The predicted octanol–water partition coefficient (Wildman–Crippen LogP) is 5.32. The molecule has 3 aromatic rings. The molecule has 1 aromatic heterocycles. The molecule has 0 fully saturated rings. The van der Waals surface area contributed by atoms with Crippen molar-refractivity contribution in [3.8, 4) is 22.6 Å². The number of hydrogen-bond donors (Lipinski definition) is 0. The quantitative estimate of drug-likeness (QED) is 0.594. The van der Waals surface area contributed by atoms with Crippen molar-refractivity contribution < 1.29 is 13.5 Å². The molecule has 0 spiro atoms. The minimum Gasteiger partial charge on any atom is -0.495 e. The van der Waals surface area contributed by atoms with Crippen LogP contribution in [-0.4, -0.2) is 11.7 Å². The Hall–Kier alpha value is -2.66. The molecule has 1 aliphatic carbocycles. The van der Waals surface area contributed by atoms with Crippen molar-refractivity contribution in [2.24, 2.45) is 0 Å². The van der Waals surface area contributed by atoms with Crippen molar-refractivity contribution in [2.45, 2.75) is 25.7 Å². The van der Waals surface area contributed by atoms with Crippen LogP contribution in [0.2, 0.25) is 5.02 Å². The van der Waals surface area contributed by atoms with Crippen molar-refractivity contribution in [3.05, 3.63) is 80.7 Å². The normalized spacial score (nSPS) is 13.3. The molecule has 6 heteroatoms. The molecule has 0 radical (unpaired) electrons. The predicted molar refractivity (Wildman–Crippen MR) is 106 cm³/mol. The van der Waals surface area contributed by atoms with E-state index in [0.717, 1.165) is 43.0 Å². The number of halogens is 3. The topological polar surface area (TPSA) is 31.2 Å². The van der Waals surface area contributed by atoms with E-state index in [0.29, 0.717) is 17.0 Å². The number of aromatic nitrogens is 1. The van der Waals surface area contributed by atoms with Crippen molar-refractivity contribution in [3.63, 3.8) is 0 Å². The summed E-state index contributed by atoms with van der Waals surface area (Å²) in [5.74, 6) is -0.811. The number of ether oxygens (including phenoxy) is 1. The first kappa shape index (κ1) is 18.7. The van der Waals surface area contributed by atoms with E-state index in [1.165, 1.54) is 42.0 Å². The van der Waals surface area contributed by atoms with E-state index < -0.39 is 11.6 Å². The maximum atomic E-state index is 15.0. The Labute approximate surface area is 166 Å². The molecule has 0 amide bonds. The van der Waals surface area contributed by atoms with E-state index in [-0.39, 0.29) is 16.1 Å². The summed E-state index contributed by atoms with van der Waals surface area (Å²) in [5.41, 5.74) is 2.54. The van der Waals surface area contributed by atoms with Crippen molar-refractivity contribution >= 4 is 11.6 Å².